The highest BCUT2D eigenvalue weighted by molar-refractivity contribution is 8.00. The van der Waals surface area contributed by atoms with Crippen molar-refractivity contribution in [3.63, 3.8) is 0 Å². The van der Waals surface area contributed by atoms with E-state index in [1.807, 2.05) is 19.1 Å². The molecule has 0 bridgehead atoms. The second-order valence-corrected chi connectivity index (χ2v) is 6.38. The molecule has 0 aliphatic carbocycles. The maximum atomic E-state index is 12.3. The quantitative estimate of drug-likeness (QED) is 0.845. The number of amides is 1. The number of aliphatic carboxylic acids is 1. The van der Waals surface area contributed by atoms with Gasteiger partial charge >= 0.3 is 5.97 Å². The Balaban J connectivity index is 1.94. The third kappa shape index (κ3) is 3.75. The number of carboxylic acids is 1. The van der Waals surface area contributed by atoms with Crippen LogP contribution in [-0.2, 0) is 9.59 Å². The van der Waals surface area contributed by atoms with E-state index < -0.39 is 11.4 Å². The van der Waals surface area contributed by atoms with Gasteiger partial charge in [0.25, 0.3) is 0 Å². The van der Waals surface area contributed by atoms with Crippen molar-refractivity contribution >= 4 is 23.6 Å². The molecule has 0 radical (unpaired) electrons. The van der Waals surface area contributed by atoms with Crippen LogP contribution in [0, 0.1) is 5.41 Å². The zero-order valence-corrected chi connectivity index (χ0v) is 12.9. The first-order valence-electron chi connectivity index (χ1n) is 7.11. The van der Waals surface area contributed by atoms with Gasteiger partial charge < -0.3 is 10.0 Å². The number of rotatable bonds is 5. The summed E-state index contributed by atoms with van der Waals surface area (Å²) in [5.74, 6) is -0.441. The number of likely N-dealkylation sites (tertiary alicyclic amines) is 1. The molecule has 1 aromatic rings. The molecule has 1 aliphatic heterocycles. The molecule has 0 aromatic carbocycles. The third-order valence-electron chi connectivity index (χ3n) is 4.07. The summed E-state index contributed by atoms with van der Waals surface area (Å²) in [5, 5.41) is 9.45. The minimum absolute atomic E-state index is 0.00980. The molecule has 1 amide bonds. The van der Waals surface area contributed by atoms with Crippen LogP contribution in [0.5, 0.6) is 0 Å². The molecule has 1 aliphatic rings. The highest BCUT2D eigenvalue weighted by Gasteiger charge is 2.41. The largest absolute Gasteiger partial charge is 0.481 e. The van der Waals surface area contributed by atoms with Gasteiger partial charge in [-0.15, -0.1) is 11.8 Å². The lowest BCUT2D eigenvalue weighted by Crippen LogP contribution is -2.50. The Kier molecular flexibility index (Phi) is 5.22. The summed E-state index contributed by atoms with van der Waals surface area (Å²) in [4.78, 5) is 30.4. The molecule has 0 spiro atoms. The van der Waals surface area contributed by atoms with E-state index in [1.54, 1.807) is 17.3 Å². The second-order valence-electron chi connectivity index (χ2n) is 5.33. The summed E-state index contributed by atoms with van der Waals surface area (Å²) in [6.45, 7) is 2.87. The number of carbonyl (C=O) groups is 2. The topological polar surface area (TPSA) is 70.5 Å². The monoisotopic (exact) mass is 308 g/mol. The van der Waals surface area contributed by atoms with Crippen LogP contribution in [0.25, 0.3) is 0 Å². The van der Waals surface area contributed by atoms with Crippen LogP contribution >= 0.6 is 11.8 Å². The first-order chi connectivity index (χ1) is 10.1. The van der Waals surface area contributed by atoms with Crippen molar-refractivity contribution in [3.05, 3.63) is 24.5 Å². The number of carboxylic acid groups (broad SMARTS) is 1. The Morgan fingerprint density at radius 2 is 2.14 bits per heavy atom. The summed E-state index contributed by atoms with van der Waals surface area (Å²) >= 11 is 1.46. The number of nitrogens with zero attached hydrogens (tertiary/aromatic N) is 2. The molecule has 1 saturated heterocycles. The van der Waals surface area contributed by atoms with Gasteiger partial charge in [0.05, 0.1) is 11.2 Å². The van der Waals surface area contributed by atoms with Gasteiger partial charge in [0, 0.05) is 30.4 Å². The molecule has 114 valence electrons. The lowest BCUT2D eigenvalue weighted by Gasteiger charge is -2.39. The lowest BCUT2D eigenvalue weighted by molar-refractivity contribution is -0.154. The minimum Gasteiger partial charge on any atom is -0.481 e. The standard InChI is InChI=1S/C15H20N2O3S/c1-2-15(14(19)20)6-3-9-17(11-15)13(18)10-21-12-4-7-16-8-5-12/h4-5,7-8H,2-3,6,9-11H2,1H3,(H,19,20). The van der Waals surface area contributed by atoms with Crippen molar-refractivity contribution in [3.8, 4) is 0 Å². The lowest BCUT2D eigenvalue weighted by atomic mass is 9.77. The molecule has 21 heavy (non-hydrogen) atoms. The van der Waals surface area contributed by atoms with Crippen LogP contribution in [0.2, 0.25) is 0 Å². The van der Waals surface area contributed by atoms with Gasteiger partial charge in [-0.1, -0.05) is 6.92 Å². The van der Waals surface area contributed by atoms with E-state index >= 15 is 0 Å². The molecule has 1 unspecified atom stereocenters. The Morgan fingerprint density at radius 1 is 1.43 bits per heavy atom. The zero-order valence-electron chi connectivity index (χ0n) is 12.1. The maximum Gasteiger partial charge on any atom is 0.311 e. The molecule has 1 aromatic heterocycles. The van der Waals surface area contributed by atoms with Gasteiger partial charge in [-0.3, -0.25) is 14.6 Å². The summed E-state index contributed by atoms with van der Waals surface area (Å²) in [5.41, 5.74) is -0.769. The molecule has 1 N–H and O–H groups in total. The molecular weight excluding hydrogens is 288 g/mol. The second kappa shape index (κ2) is 6.93. The fourth-order valence-electron chi connectivity index (χ4n) is 2.63. The molecule has 0 saturated carbocycles. The van der Waals surface area contributed by atoms with Gasteiger partial charge in [0.1, 0.15) is 0 Å². The van der Waals surface area contributed by atoms with Crippen LogP contribution < -0.4 is 0 Å². The van der Waals surface area contributed by atoms with Crippen molar-refractivity contribution in [2.45, 2.75) is 31.1 Å². The van der Waals surface area contributed by atoms with Crippen LogP contribution in [0.4, 0.5) is 0 Å². The molecule has 2 heterocycles. The van der Waals surface area contributed by atoms with E-state index in [0.717, 1.165) is 11.3 Å². The molecule has 5 nitrogen and oxygen atoms in total. The normalized spacial score (nSPS) is 22.0. The van der Waals surface area contributed by atoms with Gasteiger partial charge in [0.15, 0.2) is 0 Å². The molecule has 6 heteroatoms. The number of piperidine rings is 1. The van der Waals surface area contributed by atoms with Gasteiger partial charge in [-0.05, 0) is 31.4 Å². The Labute approximate surface area is 128 Å². The van der Waals surface area contributed by atoms with E-state index in [0.29, 0.717) is 31.7 Å². The third-order valence-corrected chi connectivity index (χ3v) is 5.07. The molecular formula is C15H20N2O3S. The smallest absolute Gasteiger partial charge is 0.311 e. The van der Waals surface area contributed by atoms with E-state index in [4.69, 9.17) is 0 Å². The zero-order chi connectivity index (χ0) is 15.3. The van der Waals surface area contributed by atoms with E-state index in [-0.39, 0.29) is 5.91 Å². The van der Waals surface area contributed by atoms with Crippen molar-refractivity contribution in [2.24, 2.45) is 5.41 Å². The van der Waals surface area contributed by atoms with Gasteiger partial charge in [-0.2, -0.15) is 0 Å². The van der Waals surface area contributed by atoms with E-state index in [9.17, 15) is 14.7 Å². The molecule has 1 atom stereocenters. The highest BCUT2D eigenvalue weighted by Crippen LogP contribution is 2.34. The summed E-state index contributed by atoms with van der Waals surface area (Å²) in [6.07, 6.45) is 5.36. The first kappa shape index (κ1) is 15.8. The van der Waals surface area contributed by atoms with Crippen molar-refractivity contribution in [1.82, 2.24) is 9.88 Å². The number of hydrogen-bond acceptors (Lipinski definition) is 4. The fraction of sp³-hybridized carbons (Fsp3) is 0.533. The van der Waals surface area contributed by atoms with E-state index in [2.05, 4.69) is 4.98 Å². The minimum atomic E-state index is -0.788. The van der Waals surface area contributed by atoms with E-state index in [1.165, 1.54) is 11.8 Å². The molecule has 1 fully saturated rings. The SMILES string of the molecule is CCC1(C(=O)O)CCCN(C(=O)CSc2ccncc2)C1. The summed E-state index contributed by atoms with van der Waals surface area (Å²) in [7, 11) is 0. The predicted molar refractivity (Wildman–Crippen MR) is 81.1 cm³/mol. The van der Waals surface area contributed by atoms with Crippen molar-refractivity contribution in [1.29, 1.82) is 0 Å². The summed E-state index contributed by atoms with van der Waals surface area (Å²) < 4.78 is 0. The Hall–Kier alpha value is -1.56. The predicted octanol–water partition coefficient (Wildman–Crippen LogP) is 2.28. The average molecular weight is 308 g/mol. The Bertz CT molecular complexity index is 509. The van der Waals surface area contributed by atoms with Gasteiger partial charge in [0.2, 0.25) is 5.91 Å². The van der Waals surface area contributed by atoms with Crippen LogP contribution in [0.3, 0.4) is 0 Å². The first-order valence-corrected chi connectivity index (χ1v) is 8.10. The maximum absolute atomic E-state index is 12.3. The number of pyridine rings is 1. The van der Waals surface area contributed by atoms with Crippen molar-refractivity contribution in [2.75, 3.05) is 18.8 Å². The average Bonchev–Trinajstić information content (AvgIpc) is 2.53. The fourth-order valence-corrected chi connectivity index (χ4v) is 3.42. The van der Waals surface area contributed by atoms with Gasteiger partial charge in [-0.25, -0.2) is 0 Å². The number of thioether (sulfide) groups is 1. The Morgan fingerprint density at radius 3 is 2.76 bits per heavy atom. The number of hydrogen-bond donors (Lipinski definition) is 1. The van der Waals surface area contributed by atoms with Crippen LogP contribution in [0.1, 0.15) is 26.2 Å². The summed E-state index contributed by atoms with van der Waals surface area (Å²) in [6, 6.07) is 3.73. The van der Waals surface area contributed by atoms with Crippen molar-refractivity contribution < 1.29 is 14.7 Å². The molecule has 2 rings (SSSR count). The number of carbonyl (C=O) groups excluding carboxylic acids is 1. The van der Waals surface area contributed by atoms with Crippen LogP contribution in [0.15, 0.2) is 29.4 Å². The highest BCUT2D eigenvalue weighted by atomic mass is 32.2. The van der Waals surface area contributed by atoms with Crippen LogP contribution in [-0.4, -0.2) is 45.7 Å². The number of aromatic nitrogens is 1.